The number of urea groups is 1. The Morgan fingerprint density at radius 2 is 1.76 bits per heavy atom. The predicted molar refractivity (Wildman–Crippen MR) is 65.5 cm³/mol. The van der Waals surface area contributed by atoms with E-state index in [4.69, 9.17) is 5.73 Å². The summed E-state index contributed by atoms with van der Waals surface area (Å²) in [4.78, 5) is 23.8. The van der Waals surface area contributed by atoms with Crippen molar-refractivity contribution >= 4 is 24.3 Å². The van der Waals surface area contributed by atoms with Gasteiger partial charge in [0.1, 0.15) is 0 Å². The third-order valence-corrected chi connectivity index (χ3v) is 2.54. The molecule has 0 saturated carbocycles. The molecule has 1 aliphatic rings. The molecule has 1 saturated heterocycles. The van der Waals surface area contributed by atoms with Crippen molar-refractivity contribution in [3.8, 4) is 0 Å². The van der Waals surface area contributed by atoms with Gasteiger partial charge < -0.3 is 11.1 Å². The monoisotopic (exact) mass is 255 g/mol. The molecule has 17 heavy (non-hydrogen) atoms. The van der Waals surface area contributed by atoms with E-state index in [1.54, 1.807) is 0 Å². The molecular weight excluding hydrogens is 242 g/mol. The molecule has 0 aromatic heterocycles. The number of carbonyl (C=O) groups excluding carboxylic acids is 2. The molecule has 5 nitrogen and oxygen atoms in total. The Kier molecular flexibility index (Phi) is 4.48. The standard InChI is InChI=1S/C11H13N3O2.ClH/c12-5-8-1-3-9(4-2-8)7-14-10(15)6-13-11(14)16;/h1-4H,5-7,12H2,(H,13,16);1H. The molecule has 0 radical (unpaired) electrons. The van der Waals surface area contributed by atoms with Gasteiger partial charge in [0.2, 0.25) is 5.91 Å². The Labute approximate surface area is 105 Å². The van der Waals surface area contributed by atoms with Gasteiger partial charge in [0.25, 0.3) is 0 Å². The van der Waals surface area contributed by atoms with Gasteiger partial charge >= 0.3 is 6.03 Å². The average molecular weight is 256 g/mol. The maximum absolute atomic E-state index is 11.3. The van der Waals surface area contributed by atoms with E-state index >= 15 is 0 Å². The number of halogens is 1. The molecule has 1 fully saturated rings. The van der Waals surface area contributed by atoms with Crippen LogP contribution in [0, 0.1) is 0 Å². The molecule has 3 amide bonds. The first-order chi connectivity index (χ1) is 7.70. The van der Waals surface area contributed by atoms with Gasteiger partial charge in [-0.15, -0.1) is 12.4 Å². The Morgan fingerprint density at radius 3 is 2.24 bits per heavy atom. The number of rotatable bonds is 3. The van der Waals surface area contributed by atoms with E-state index in [1.807, 2.05) is 24.3 Å². The van der Waals surface area contributed by atoms with Crippen molar-refractivity contribution in [2.45, 2.75) is 13.1 Å². The molecule has 1 aromatic carbocycles. The molecule has 0 atom stereocenters. The van der Waals surface area contributed by atoms with Crippen LogP contribution in [-0.2, 0) is 17.9 Å². The van der Waals surface area contributed by atoms with Crippen molar-refractivity contribution in [2.75, 3.05) is 6.54 Å². The number of hydrogen-bond acceptors (Lipinski definition) is 3. The van der Waals surface area contributed by atoms with E-state index in [1.165, 1.54) is 4.90 Å². The lowest BCUT2D eigenvalue weighted by molar-refractivity contribution is -0.125. The quantitative estimate of drug-likeness (QED) is 0.778. The number of benzene rings is 1. The lowest BCUT2D eigenvalue weighted by Crippen LogP contribution is -2.30. The van der Waals surface area contributed by atoms with Crippen molar-refractivity contribution in [1.29, 1.82) is 0 Å². The van der Waals surface area contributed by atoms with Gasteiger partial charge in [-0.1, -0.05) is 24.3 Å². The molecule has 92 valence electrons. The van der Waals surface area contributed by atoms with Crippen LogP contribution in [0.3, 0.4) is 0 Å². The molecule has 6 heteroatoms. The number of amides is 3. The summed E-state index contributed by atoms with van der Waals surface area (Å²) in [7, 11) is 0. The van der Waals surface area contributed by atoms with Gasteiger partial charge in [0.05, 0.1) is 13.1 Å². The highest BCUT2D eigenvalue weighted by Crippen LogP contribution is 2.09. The second kappa shape index (κ2) is 5.65. The molecule has 3 N–H and O–H groups in total. The molecule has 1 aliphatic heterocycles. The summed E-state index contributed by atoms with van der Waals surface area (Å²) in [5.74, 6) is -0.187. The fourth-order valence-corrected chi connectivity index (χ4v) is 1.58. The van der Waals surface area contributed by atoms with Crippen LogP contribution < -0.4 is 11.1 Å². The maximum Gasteiger partial charge on any atom is 0.324 e. The highest BCUT2D eigenvalue weighted by atomic mass is 35.5. The number of nitrogens with two attached hydrogens (primary N) is 1. The van der Waals surface area contributed by atoms with Crippen LogP contribution in [0.25, 0.3) is 0 Å². The smallest absolute Gasteiger partial charge is 0.324 e. The largest absolute Gasteiger partial charge is 0.329 e. The van der Waals surface area contributed by atoms with Crippen LogP contribution in [0.2, 0.25) is 0 Å². The first-order valence-electron chi connectivity index (χ1n) is 5.07. The Bertz CT molecular complexity index is 403. The summed E-state index contributed by atoms with van der Waals surface area (Å²) in [5.41, 5.74) is 7.43. The zero-order valence-electron chi connectivity index (χ0n) is 9.18. The van der Waals surface area contributed by atoms with Crippen LogP contribution in [0.1, 0.15) is 11.1 Å². The summed E-state index contributed by atoms with van der Waals surface area (Å²) >= 11 is 0. The molecule has 1 aromatic rings. The lowest BCUT2D eigenvalue weighted by Gasteiger charge is -2.12. The van der Waals surface area contributed by atoms with E-state index < -0.39 is 0 Å². The summed E-state index contributed by atoms with van der Waals surface area (Å²) in [6.45, 7) is 0.901. The second-order valence-electron chi connectivity index (χ2n) is 3.66. The van der Waals surface area contributed by atoms with Gasteiger partial charge in [-0.05, 0) is 11.1 Å². The van der Waals surface area contributed by atoms with Crippen molar-refractivity contribution in [3.63, 3.8) is 0 Å². The van der Waals surface area contributed by atoms with Crippen LogP contribution >= 0.6 is 12.4 Å². The highest BCUT2D eigenvalue weighted by molar-refractivity contribution is 6.01. The van der Waals surface area contributed by atoms with Crippen LogP contribution in [0.5, 0.6) is 0 Å². The topological polar surface area (TPSA) is 75.4 Å². The van der Waals surface area contributed by atoms with Gasteiger partial charge in [-0.25, -0.2) is 4.79 Å². The molecule has 0 unspecified atom stereocenters. The molecular formula is C11H14ClN3O2. The minimum atomic E-state index is -0.326. The van der Waals surface area contributed by atoms with Crippen molar-refractivity contribution in [2.24, 2.45) is 5.73 Å². The molecule has 0 aliphatic carbocycles. The Morgan fingerprint density at radius 1 is 1.18 bits per heavy atom. The first kappa shape index (κ1) is 13.5. The van der Waals surface area contributed by atoms with Gasteiger partial charge in [-0.2, -0.15) is 0 Å². The number of nitrogens with zero attached hydrogens (tertiary/aromatic N) is 1. The number of hydrogen-bond donors (Lipinski definition) is 2. The number of nitrogens with one attached hydrogen (secondary N) is 1. The SMILES string of the molecule is Cl.NCc1ccc(CN2C(=O)CNC2=O)cc1. The lowest BCUT2D eigenvalue weighted by atomic mass is 10.1. The summed E-state index contributed by atoms with van der Waals surface area (Å²) < 4.78 is 0. The normalized spacial score (nSPS) is 14.5. The van der Waals surface area contributed by atoms with Gasteiger partial charge in [0, 0.05) is 6.54 Å². The third-order valence-electron chi connectivity index (χ3n) is 2.54. The summed E-state index contributed by atoms with van der Waals surface area (Å²) in [5, 5.41) is 2.48. The number of carbonyl (C=O) groups is 2. The van der Waals surface area contributed by atoms with E-state index in [9.17, 15) is 9.59 Å². The molecule has 0 bridgehead atoms. The van der Waals surface area contributed by atoms with Crippen molar-refractivity contribution < 1.29 is 9.59 Å². The average Bonchev–Trinajstić information content (AvgIpc) is 2.62. The zero-order chi connectivity index (χ0) is 11.5. The summed E-state index contributed by atoms with van der Waals surface area (Å²) in [6, 6.07) is 7.22. The van der Waals surface area contributed by atoms with Crippen molar-refractivity contribution in [1.82, 2.24) is 10.2 Å². The van der Waals surface area contributed by atoms with Crippen LogP contribution in [0.15, 0.2) is 24.3 Å². The Balaban J connectivity index is 0.00000144. The summed E-state index contributed by atoms with van der Waals surface area (Å²) in [6.07, 6.45) is 0. The maximum atomic E-state index is 11.3. The fraction of sp³-hybridized carbons (Fsp3) is 0.273. The zero-order valence-corrected chi connectivity index (χ0v) is 10.00. The van der Waals surface area contributed by atoms with Gasteiger partial charge in [-0.3, -0.25) is 9.69 Å². The molecule has 1 heterocycles. The fourth-order valence-electron chi connectivity index (χ4n) is 1.58. The first-order valence-corrected chi connectivity index (χ1v) is 5.07. The van der Waals surface area contributed by atoms with E-state index in [0.29, 0.717) is 13.1 Å². The molecule has 2 rings (SSSR count). The van der Waals surface area contributed by atoms with E-state index in [-0.39, 0.29) is 30.9 Å². The third kappa shape index (κ3) is 2.95. The van der Waals surface area contributed by atoms with Crippen LogP contribution in [-0.4, -0.2) is 23.4 Å². The minimum Gasteiger partial charge on any atom is -0.329 e. The van der Waals surface area contributed by atoms with E-state index in [0.717, 1.165) is 11.1 Å². The van der Waals surface area contributed by atoms with Gasteiger partial charge in [0.15, 0.2) is 0 Å². The minimum absolute atomic E-state index is 0. The van der Waals surface area contributed by atoms with Crippen LogP contribution in [0.4, 0.5) is 4.79 Å². The predicted octanol–water partition coefficient (Wildman–Crippen LogP) is 0.619. The van der Waals surface area contributed by atoms with Crippen molar-refractivity contribution in [3.05, 3.63) is 35.4 Å². The second-order valence-corrected chi connectivity index (χ2v) is 3.66. The van der Waals surface area contributed by atoms with E-state index in [2.05, 4.69) is 5.32 Å². The number of imide groups is 1. The highest BCUT2D eigenvalue weighted by Gasteiger charge is 2.28. The Hall–Kier alpha value is -1.59. The molecule has 0 spiro atoms.